The Kier molecular flexibility index (Phi) is 9.42. The van der Waals surface area contributed by atoms with Gasteiger partial charge in [0.05, 0.1) is 19.9 Å². The Morgan fingerprint density at radius 2 is 2.11 bits per heavy atom. The first-order chi connectivity index (χ1) is 9.06. The van der Waals surface area contributed by atoms with Gasteiger partial charge in [-0.2, -0.15) is 0 Å². The van der Waals surface area contributed by atoms with Gasteiger partial charge in [0, 0.05) is 6.61 Å². The highest BCUT2D eigenvalue weighted by Gasteiger charge is 2.21. The Morgan fingerprint density at radius 1 is 1.42 bits per heavy atom. The summed E-state index contributed by atoms with van der Waals surface area (Å²) in [6, 6.07) is -0.609. The van der Waals surface area contributed by atoms with Crippen molar-refractivity contribution >= 4 is 18.1 Å². The Labute approximate surface area is 113 Å². The van der Waals surface area contributed by atoms with Crippen LogP contribution in [0.4, 0.5) is 0 Å². The number of hydrazone groups is 1. The number of unbranched alkanes of at least 4 members (excludes halogenated alkanes) is 1. The van der Waals surface area contributed by atoms with Crippen molar-refractivity contribution in [3.05, 3.63) is 0 Å². The van der Waals surface area contributed by atoms with E-state index in [1.54, 1.807) is 0 Å². The molecule has 0 aromatic heterocycles. The molecule has 0 bridgehead atoms. The van der Waals surface area contributed by atoms with Crippen molar-refractivity contribution in [1.29, 1.82) is 0 Å². The lowest BCUT2D eigenvalue weighted by atomic mass is 10.1. The van der Waals surface area contributed by atoms with Crippen LogP contribution in [0.1, 0.15) is 26.7 Å². The van der Waals surface area contributed by atoms with Gasteiger partial charge in [-0.25, -0.2) is 4.79 Å². The molecule has 7 nitrogen and oxygen atoms in total. The second-order valence-corrected chi connectivity index (χ2v) is 4.24. The molecule has 0 aliphatic heterocycles. The number of aliphatic imine (C=N–C) groups is 1. The molecule has 1 unspecified atom stereocenters. The fourth-order valence-electron chi connectivity index (χ4n) is 1.27. The zero-order valence-electron chi connectivity index (χ0n) is 11.7. The van der Waals surface area contributed by atoms with Crippen LogP contribution in [0.15, 0.2) is 10.1 Å². The van der Waals surface area contributed by atoms with Gasteiger partial charge in [-0.3, -0.25) is 4.99 Å². The number of esters is 1. The number of aliphatic hydroxyl groups is 1. The molecule has 0 spiro atoms. The molecule has 3 N–H and O–H groups in total. The van der Waals surface area contributed by atoms with E-state index in [1.807, 2.05) is 13.8 Å². The van der Waals surface area contributed by atoms with Gasteiger partial charge >= 0.3 is 5.97 Å². The number of carbonyl (C=O) groups is 1. The van der Waals surface area contributed by atoms with Gasteiger partial charge in [-0.1, -0.05) is 13.8 Å². The summed E-state index contributed by atoms with van der Waals surface area (Å²) < 4.78 is 9.91. The standard InChI is InChI=1S/C12H23N3O4/c1-9(2)11(12(17)18-3)14-8-10(15-13)19-7-5-4-6-16/h8-9,11,16H,4-7,13H2,1-3H3. The molecule has 0 aromatic rings. The zero-order chi connectivity index (χ0) is 14.7. The van der Waals surface area contributed by atoms with Gasteiger partial charge in [0.15, 0.2) is 0 Å². The van der Waals surface area contributed by atoms with E-state index in [0.717, 1.165) is 0 Å². The predicted octanol–water partition coefficient (Wildman–Crippen LogP) is 0.316. The van der Waals surface area contributed by atoms with Crippen LogP contribution < -0.4 is 5.84 Å². The van der Waals surface area contributed by atoms with Gasteiger partial charge < -0.3 is 20.4 Å². The molecule has 1 atom stereocenters. The van der Waals surface area contributed by atoms with Gasteiger partial charge in [-0.15, -0.1) is 5.10 Å². The number of nitrogens with zero attached hydrogens (tertiary/aromatic N) is 2. The van der Waals surface area contributed by atoms with Crippen molar-refractivity contribution in [2.75, 3.05) is 20.3 Å². The third kappa shape index (κ3) is 7.40. The van der Waals surface area contributed by atoms with E-state index in [-0.39, 0.29) is 18.4 Å². The van der Waals surface area contributed by atoms with E-state index in [1.165, 1.54) is 13.3 Å². The van der Waals surface area contributed by atoms with E-state index in [4.69, 9.17) is 15.7 Å². The summed E-state index contributed by atoms with van der Waals surface area (Å²) in [7, 11) is 1.32. The molecule has 0 radical (unpaired) electrons. The number of nitrogens with two attached hydrogens (primary N) is 1. The van der Waals surface area contributed by atoms with Crippen molar-refractivity contribution in [2.45, 2.75) is 32.7 Å². The summed E-state index contributed by atoms with van der Waals surface area (Å²) in [5, 5.41) is 12.1. The minimum Gasteiger partial charge on any atom is -0.476 e. The zero-order valence-corrected chi connectivity index (χ0v) is 11.7. The van der Waals surface area contributed by atoms with Crippen molar-refractivity contribution in [3.63, 3.8) is 0 Å². The van der Waals surface area contributed by atoms with Crippen LogP contribution >= 0.6 is 0 Å². The summed E-state index contributed by atoms with van der Waals surface area (Å²) in [5.74, 6) is 4.89. The number of rotatable bonds is 8. The maximum atomic E-state index is 11.5. The van der Waals surface area contributed by atoms with Crippen LogP contribution in [0.3, 0.4) is 0 Å². The molecule has 0 amide bonds. The number of methoxy groups -OCH3 is 1. The largest absolute Gasteiger partial charge is 0.476 e. The van der Waals surface area contributed by atoms with Crippen molar-refractivity contribution < 1.29 is 19.4 Å². The second-order valence-electron chi connectivity index (χ2n) is 4.24. The van der Waals surface area contributed by atoms with E-state index in [2.05, 4.69) is 14.8 Å². The van der Waals surface area contributed by atoms with E-state index in [0.29, 0.717) is 19.4 Å². The summed E-state index contributed by atoms with van der Waals surface area (Å²) in [6.07, 6.45) is 2.65. The summed E-state index contributed by atoms with van der Waals surface area (Å²) in [4.78, 5) is 15.6. The van der Waals surface area contributed by atoms with Crippen LogP contribution in [-0.2, 0) is 14.3 Å². The van der Waals surface area contributed by atoms with E-state index < -0.39 is 12.0 Å². The summed E-state index contributed by atoms with van der Waals surface area (Å²) >= 11 is 0. The monoisotopic (exact) mass is 273 g/mol. The highest BCUT2D eigenvalue weighted by atomic mass is 16.5. The van der Waals surface area contributed by atoms with Crippen LogP contribution in [-0.4, -0.2) is 49.6 Å². The Balaban J connectivity index is 4.41. The summed E-state index contributed by atoms with van der Waals surface area (Å²) in [5.41, 5.74) is 0. The molecule has 0 heterocycles. The molecule has 0 saturated carbocycles. The fourth-order valence-corrected chi connectivity index (χ4v) is 1.27. The molecule has 0 rings (SSSR count). The Bertz CT molecular complexity index is 316. The molecule has 110 valence electrons. The lowest BCUT2D eigenvalue weighted by Crippen LogP contribution is -2.27. The van der Waals surface area contributed by atoms with Crippen LogP contribution in [0.5, 0.6) is 0 Å². The summed E-state index contributed by atoms with van der Waals surface area (Å²) in [6.45, 7) is 4.22. The van der Waals surface area contributed by atoms with Crippen LogP contribution in [0, 0.1) is 5.92 Å². The third-order valence-corrected chi connectivity index (χ3v) is 2.35. The molecule has 19 heavy (non-hydrogen) atoms. The normalized spacial score (nSPS) is 13.8. The van der Waals surface area contributed by atoms with Crippen LogP contribution in [0.25, 0.3) is 0 Å². The fraction of sp³-hybridized carbons (Fsp3) is 0.750. The van der Waals surface area contributed by atoms with Gasteiger partial charge in [0.1, 0.15) is 6.04 Å². The van der Waals surface area contributed by atoms with Gasteiger partial charge in [0.25, 0.3) is 0 Å². The molecule has 0 saturated heterocycles. The quantitative estimate of drug-likeness (QED) is 0.165. The second kappa shape index (κ2) is 10.3. The Morgan fingerprint density at radius 3 is 2.58 bits per heavy atom. The molecule has 0 fully saturated rings. The van der Waals surface area contributed by atoms with E-state index in [9.17, 15) is 4.79 Å². The molecule has 7 heteroatoms. The van der Waals surface area contributed by atoms with Gasteiger partial charge in [0.2, 0.25) is 5.90 Å². The first-order valence-electron chi connectivity index (χ1n) is 6.19. The number of ether oxygens (including phenoxy) is 2. The molecular weight excluding hydrogens is 250 g/mol. The van der Waals surface area contributed by atoms with Crippen molar-refractivity contribution in [1.82, 2.24) is 0 Å². The van der Waals surface area contributed by atoms with E-state index >= 15 is 0 Å². The minimum atomic E-state index is -0.609. The maximum Gasteiger partial charge on any atom is 0.330 e. The first-order valence-corrected chi connectivity index (χ1v) is 6.19. The highest BCUT2D eigenvalue weighted by molar-refractivity contribution is 6.26. The molecule has 0 aliphatic rings. The lowest BCUT2D eigenvalue weighted by molar-refractivity contribution is -0.143. The minimum absolute atomic E-state index is 0.00267. The average Bonchev–Trinajstić information content (AvgIpc) is 2.40. The Hall–Kier alpha value is -1.63. The number of carbonyl (C=O) groups excluding carboxylic acids is 1. The molecular formula is C12H23N3O4. The molecule has 0 aromatic carbocycles. The maximum absolute atomic E-state index is 11.5. The highest BCUT2D eigenvalue weighted by Crippen LogP contribution is 2.07. The molecule has 0 aliphatic carbocycles. The van der Waals surface area contributed by atoms with Crippen LogP contribution in [0.2, 0.25) is 0 Å². The number of aliphatic hydroxyl groups excluding tert-OH is 1. The average molecular weight is 273 g/mol. The number of hydrogen-bond donors (Lipinski definition) is 2. The van der Waals surface area contributed by atoms with Crippen molar-refractivity contribution in [3.8, 4) is 0 Å². The van der Waals surface area contributed by atoms with Crippen molar-refractivity contribution in [2.24, 2.45) is 21.9 Å². The van der Waals surface area contributed by atoms with Gasteiger partial charge in [-0.05, 0) is 18.8 Å². The topological polar surface area (TPSA) is 106 Å². The lowest BCUT2D eigenvalue weighted by Gasteiger charge is -2.13. The number of hydrogen-bond acceptors (Lipinski definition) is 7. The SMILES string of the molecule is COC(=O)C(N=CC(=NN)OCCCCO)C(C)C. The predicted molar refractivity (Wildman–Crippen MR) is 73.0 cm³/mol. The third-order valence-electron chi connectivity index (χ3n) is 2.35. The first kappa shape index (κ1) is 17.4. The smallest absolute Gasteiger partial charge is 0.330 e.